The molecule has 0 radical (unpaired) electrons. The lowest BCUT2D eigenvalue weighted by molar-refractivity contribution is 0.0773. The Bertz CT molecular complexity index is 1030. The van der Waals surface area contributed by atoms with Crippen LogP contribution in [0.1, 0.15) is 73.9 Å². The summed E-state index contributed by atoms with van der Waals surface area (Å²) in [6.45, 7) is 6.84. The molecular weight excluding hydrogens is 420 g/mol. The highest BCUT2D eigenvalue weighted by Gasteiger charge is 2.41. The van der Waals surface area contributed by atoms with E-state index >= 15 is 0 Å². The number of ether oxygens (including phenoxy) is 1. The Hall–Kier alpha value is -2.59. The van der Waals surface area contributed by atoms with Gasteiger partial charge in [0.2, 0.25) is 0 Å². The zero-order chi connectivity index (χ0) is 23.7. The van der Waals surface area contributed by atoms with Crippen LogP contribution in [-0.4, -0.2) is 54.5 Å². The summed E-state index contributed by atoms with van der Waals surface area (Å²) in [7, 11) is 1.73. The van der Waals surface area contributed by atoms with Crippen molar-refractivity contribution in [1.29, 1.82) is 0 Å². The molecule has 4 nitrogen and oxygen atoms in total. The van der Waals surface area contributed by atoms with Gasteiger partial charge in [-0.1, -0.05) is 29.8 Å². The minimum atomic E-state index is 0.110. The number of methoxy groups -OCH3 is 1. The van der Waals surface area contributed by atoms with E-state index in [1.54, 1.807) is 12.7 Å². The maximum absolute atomic E-state index is 12.9. The second-order valence-corrected chi connectivity index (χ2v) is 10.2. The maximum atomic E-state index is 12.9. The lowest BCUT2D eigenvalue weighted by Crippen LogP contribution is -2.41. The van der Waals surface area contributed by atoms with Gasteiger partial charge in [0, 0.05) is 37.3 Å². The molecule has 4 heteroatoms. The summed E-state index contributed by atoms with van der Waals surface area (Å²) >= 11 is 0. The summed E-state index contributed by atoms with van der Waals surface area (Å²) in [5.41, 5.74) is 6.09. The molecule has 5 rings (SSSR count). The van der Waals surface area contributed by atoms with Crippen LogP contribution in [0.4, 0.5) is 0 Å². The Morgan fingerprint density at radius 3 is 2.15 bits per heavy atom. The molecule has 2 bridgehead atoms. The molecule has 1 aliphatic carbocycles. The van der Waals surface area contributed by atoms with Gasteiger partial charge in [-0.15, -0.1) is 0 Å². The predicted octanol–water partition coefficient (Wildman–Crippen LogP) is 6.02. The van der Waals surface area contributed by atoms with Gasteiger partial charge in [-0.2, -0.15) is 0 Å². The normalized spacial score (nSPS) is 22.0. The largest absolute Gasteiger partial charge is 0.497 e. The SMILES string of the molecule is CCN(CC)C(=O)c1ccc(C(=C2CC3CCC(C2)N3CC2CC2)c2cccc(OC)c2)cc1. The molecule has 3 fully saturated rings. The quantitative estimate of drug-likeness (QED) is 0.485. The lowest BCUT2D eigenvalue weighted by atomic mass is 9.85. The first-order valence-corrected chi connectivity index (χ1v) is 13.1. The van der Waals surface area contributed by atoms with E-state index < -0.39 is 0 Å². The van der Waals surface area contributed by atoms with Crippen molar-refractivity contribution in [3.8, 4) is 5.75 Å². The van der Waals surface area contributed by atoms with Crippen molar-refractivity contribution in [2.45, 2.75) is 64.5 Å². The highest BCUT2D eigenvalue weighted by atomic mass is 16.5. The van der Waals surface area contributed by atoms with E-state index in [0.717, 1.165) is 43.2 Å². The van der Waals surface area contributed by atoms with E-state index in [1.807, 2.05) is 36.9 Å². The van der Waals surface area contributed by atoms with Gasteiger partial charge in [0.1, 0.15) is 5.75 Å². The number of hydrogen-bond acceptors (Lipinski definition) is 3. The van der Waals surface area contributed by atoms with E-state index in [9.17, 15) is 4.79 Å². The second-order valence-electron chi connectivity index (χ2n) is 10.2. The van der Waals surface area contributed by atoms with Crippen LogP contribution in [0.25, 0.3) is 5.57 Å². The van der Waals surface area contributed by atoms with Crippen molar-refractivity contribution < 1.29 is 9.53 Å². The van der Waals surface area contributed by atoms with E-state index in [4.69, 9.17) is 4.74 Å². The van der Waals surface area contributed by atoms with Crippen molar-refractivity contribution in [2.75, 3.05) is 26.7 Å². The predicted molar refractivity (Wildman–Crippen MR) is 138 cm³/mol. The van der Waals surface area contributed by atoms with Crippen LogP contribution in [0.15, 0.2) is 54.1 Å². The third kappa shape index (κ3) is 4.65. The topological polar surface area (TPSA) is 32.8 Å². The molecule has 0 aromatic heterocycles. The van der Waals surface area contributed by atoms with E-state index in [1.165, 1.54) is 48.9 Å². The fraction of sp³-hybridized carbons (Fsp3) is 0.500. The van der Waals surface area contributed by atoms with Crippen molar-refractivity contribution in [3.63, 3.8) is 0 Å². The minimum Gasteiger partial charge on any atom is -0.497 e. The van der Waals surface area contributed by atoms with Gasteiger partial charge in [-0.05, 0) is 99.3 Å². The van der Waals surface area contributed by atoms with Crippen LogP contribution in [0.2, 0.25) is 0 Å². The van der Waals surface area contributed by atoms with Crippen LogP contribution in [0.5, 0.6) is 5.75 Å². The van der Waals surface area contributed by atoms with Crippen molar-refractivity contribution >= 4 is 11.5 Å². The van der Waals surface area contributed by atoms with E-state index in [2.05, 4.69) is 35.2 Å². The fourth-order valence-corrected chi connectivity index (χ4v) is 6.03. The van der Waals surface area contributed by atoms with Crippen LogP contribution in [0, 0.1) is 5.92 Å². The minimum absolute atomic E-state index is 0.110. The molecule has 2 unspecified atom stereocenters. The molecule has 0 spiro atoms. The molecule has 2 heterocycles. The number of amides is 1. The van der Waals surface area contributed by atoms with Crippen LogP contribution in [0.3, 0.4) is 0 Å². The van der Waals surface area contributed by atoms with Gasteiger partial charge in [0.15, 0.2) is 0 Å². The van der Waals surface area contributed by atoms with Crippen molar-refractivity contribution in [3.05, 3.63) is 70.8 Å². The average Bonchev–Trinajstić information content (AvgIpc) is 3.65. The van der Waals surface area contributed by atoms with Gasteiger partial charge in [0.25, 0.3) is 5.91 Å². The van der Waals surface area contributed by atoms with Gasteiger partial charge in [-0.3, -0.25) is 9.69 Å². The standard InChI is InChI=1S/C30H38N2O2/c1-4-31(5-2)30(33)23-13-11-22(12-14-23)29(24-7-6-8-28(19-24)34-3)25-17-26-15-16-27(18-25)32(26)20-21-9-10-21/h6-8,11-14,19,21,26-27H,4-5,9-10,15-18,20H2,1-3H3. The van der Waals surface area contributed by atoms with Crippen LogP contribution in [-0.2, 0) is 0 Å². The van der Waals surface area contributed by atoms with Crippen molar-refractivity contribution in [2.24, 2.45) is 5.92 Å². The molecule has 2 atom stereocenters. The summed E-state index contributed by atoms with van der Waals surface area (Å²) in [5.74, 6) is 1.94. The molecule has 2 aromatic carbocycles. The Balaban J connectivity index is 1.50. The molecule has 0 N–H and O–H groups in total. The monoisotopic (exact) mass is 458 g/mol. The molecule has 180 valence electrons. The number of piperidine rings is 1. The zero-order valence-electron chi connectivity index (χ0n) is 20.9. The third-order valence-electron chi connectivity index (χ3n) is 8.08. The van der Waals surface area contributed by atoms with Gasteiger partial charge in [0.05, 0.1) is 7.11 Å². The number of hydrogen-bond donors (Lipinski definition) is 0. The number of nitrogens with zero attached hydrogens (tertiary/aromatic N) is 2. The number of benzene rings is 2. The highest BCUT2D eigenvalue weighted by Crippen LogP contribution is 2.45. The Morgan fingerprint density at radius 1 is 0.912 bits per heavy atom. The maximum Gasteiger partial charge on any atom is 0.253 e. The molecular formula is C30H38N2O2. The number of carbonyl (C=O) groups is 1. The van der Waals surface area contributed by atoms with Gasteiger partial charge < -0.3 is 9.64 Å². The fourth-order valence-electron chi connectivity index (χ4n) is 6.03. The first-order valence-electron chi connectivity index (χ1n) is 13.1. The molecule has 2 aliphatic heterocycles. The Labute approximate surface area is 204 Å². The molecule has 3 aliphatic rings. The summed E-state index contributed by atoms with van der Waals surface area (Å²) < 4.78 is 5.57. The van der Waals surface area contributed by atoms with Crippen LogP contribution < -0.4 is 4.74 Å². The summed E-state index contributed by atoms with van der Waals surface area (Å²) in [6.07, 6.45) is 7.79. The zero-order valence-corrected chi connectivity index (χ0v) is 20.9. The lowest BCUT2D eigenvalue weighted by Gasteiger charge is -2.37. The highest BCUT2D eigenvalue weighted by molar-refractivity contribution is 5.95. The molecule has 34 heavy (non-hydrogen) atoms. The second kappa shape index (κ2) is 9.95. The summed E-state index contributed by atoms with van der Waals surface area (Å²) in [6, 6.07) is 18.1. The average molecular weight is 459 g/mol. The molecule has 2 saturated heterocycles. The van der Waals surface area contributed by atoms with Crippen LogP contribution >= 0.6 is 0 Å². The van der Waals surface area contributed by atoms with Gasteiger partial charge >= 0.3 is 0 Å². The Morgan fingerprint density at radius 2 is 1.56 bits per heavy atom. The van der Waals surface area contributed by atoms with Gasteiger partial charge in [-0.25, -0.2) is 0 Å². The van der Waals surface area contributed by atoms with E-state index in [-0.39, 0.29) is 5.91 Å². The smallest absolute Gasteiger partial charge is 0.253 e. The number of carbonyl (C=O) groups excluding carboxylic acids is 1. The third-order valence-corrected chi connectivity index (χ3v) is 8.08. The molecule has 2 aromatic rings. The number of rotatable bonds is 8. The first kappa shape index (κ1) is 23.2. The summed E-state index contributed by atoms with van der Waals surface area (Å²) in [5, 5.41) is 0. The van der Waals surface area contributed by atoms with E-state index in [0.29, 0.717) is 12.1 Å². The number of fused-ring (bicyclic) bond motifs is 2. The summed E-state index contributed by atoms with van der Waals surface area (Å²) in [4.78, 5) is 17.6. The Kier molecular flexibility index (Phi) is 6.78. The molecule has 1 saturated carbocycles. The molecule has 1 amide bonds. The first-order chi connectivity index (χ1) is 16.6. The van der Waals surface area contributed by atoms with Crippen molar-refractivity contribution in [1.82, 2.24) is 9.80 Å².